The molecule has 0 fully saturated rings. The quantitative estimate of drug-likeness (QED) is 0.157. The third-order valence-corrected chi connectivity index (χ3v) is 4.00. The van der Waals surface area contributed by atoms with Gasteiger partial charge in [0.05, 0.1) is 25.5 Å². The molecular formula is C21H30IN3O4. The van der Waals surface area contributed by atoms with Crippen molar-refractivity contribution in [1.29, 1.82) is 0 Å². The summed E-state index contributed by atoms with van der Waals surface area (Å²) in [5, 5.41) is 6.64. The molecule has 8 heteroatoms. The van der Waals surface area contributed by atoms with E-state index in [9.17, 15) is 4.79 Å². The lowest BCUT2D eigenvalue weighted by Gasteiger charge is -2.12. The number of hydrogen-bond donors (Lipinski definition) is 2. The SMILES string of the molecule is CCOCCCNC(=NCc1ccc(C(=O)OC)cc1)NCCc1ccco1.I. The summed E-state index contributed by atoms with van der Waals surface area (Å²) < 4.78 is 15.4. The van der Waals surface area contributed by atoms with Crippen molar-refractivity contribution in [3.8, 4) is 0 Å². The lowest BCUT2D eigenvalue weighted by molar-refractivity contribution is 0.0600. The lowest BCUT2D eigenvalue weighted by atomic mass is 10.1. The van der Waals surface area contributed by atoms with Crippen LogP contribution in [0.4, 0.5) is 0 Å². The van der Waals surface area contributed by atoms with Crippen LogP contribution in [0.1, 0.15) is 35.0 Å². The Morgan fingerprint density at radius 2 is 1.90 bits per heavy atom. The van der Waals surface area contributed by atoms with Gasteiger partial charge in [0.25, 0.3) is 0 Å². The van der Waals surface area contributed by atoms with Crippen molar-refractivity contribution in [3.63, 3.8) is 0 Å². The van der Waals surface area contributed by atoms with Crippen LogP contribution in [-0.4, -0.2) is 45.3 Å². The number of nitrogens with zero attached hydrogens (tertiary/aromatic N) is 1. The lowest BCUT2D eigenvalue weighted by Crippen LogP contribution is -2.39. The molecule has 1 aromatic carbocycles. The first-order chi connectivity index (χ1) is 13.7. The van der Waals surface area contributed by atoms with E-state index in [-0.39, 0.29) is 29.9 Å². The average molecular weight is 515 g/mol. The molecule has 0 amide bonds. The highest BCUT2D eigenvalue weighted by atomic mass is 127. The minimum absolute atomic E-state index is 0. The van der Waals surface area contributed by atoms with Crippen LogP contribution < -0.4 is 10.6 Å². The Morgan fingerprint density at radius 3 is 2.55 bits per heavy atom. The van der Waals surface area contributed by atoms with Gasteiger partial charge in [-0.3, -0.25) is 0 Å². The number of ether oxygens (including phenoxy) is 2. The predicted molar refractivity (Wildman–Crippen MR) is 124 cm³/mol. The van der Waals surface area contributed by atoms with Crippen molar-refractivity contribution in [3.05, 3.63) is 59.5 Å². The molecule has 0 saturated carbocycles. The maximum atomic E-state index is 11.5. The zero-order valence-corrected chi connectivity index (χ0v) is 19.3. The molecule has 160 valence electrons. The zero-order chi connectivity index (χ0) is 20.0. The summed E-state index contributed by atoms with van der Waals surface area (Å²) in [7, 11) is 1.37. The third-order valence-electron chi connectivity index (χ3n) is 4.00. The molecule has 2 N–H and O–H groups in total. The Kier molecular flexibility index (Phi) is 12.8. The van der Waals surface area contributed by atoms with Gasteiger partial charge >= 0.3 is 5.97 Å². The highest BCUT2D eigenvalue weighted by Crippen LogP contribution is 2.07. The first kappa shape index (κ1) is 25.0. The van der Waals surface area contributed by atoms with Gasteiger partial charge in [-0.15, -0.1) is 24.0 Å². The van der Waals surface area contributed by atoms with Crippen molar-refractivity contribution in [2.24, 2.45) is 4.99 Å². The van der Waals surface area contributed by atoms with E-state index >= 15 is 0 Å². The minimum Gasteiger partial charge on any atom is -0.469 e. The number of hydrogen-bond acceptors (Lipinski definition) is 5. The normalized spacial score (nSPS) is 10.9. The third kappa shape index (κ3) is 9.80. The second-order valence-corrected chi connectivity index (χ2v) is 6.09. The van der Waals surface area contributed by atoms with E-state index in [1.165, 1.54) is 7.11 Å². The van der Waals surface area contributed by atoms with Gasteiger partial charge in [0, 0.05) is 32.7 Å². The van der Waals surface area contributed by atoms with Crippen LogP contribution in [-0.2, 0) is 22.4 Å². The highest BCUT2D eigenvalue weighted by molar-refractivity contribution is 14.0. The Morgan fingerprint density at radius 1 is 1.14 bits per heavy atom. The van der Waals surface area contributed by atoms with Gasteiger partial charge in [-0.25, -0.2) is 9.79 Å². The molecule has 2 rings (SSSR count). The Balaban J connectivity index is 0.00000420. The number of carbonyl (C=O) groups excluding carboxylic acids is 1. The minimum atomic E-state index is -0.341. The number of halogens is 1. The number of methoxy groups -OCH3 is 1. The molecule has 0 aliphatic rings. The number of esters is 1. The second kappa shape index (κ2) is 14.9. The number of rotatable bonds is 11. The van der Waals surface area contributed by atoms with Gasteiger partial charge in [-0.05, 0) is 43.2 Å². The number of carbonyl (C=O) groups is 1. The molecule has 2 aromatic rings. The Labute approximate surface area is 189 Å². The van der Waals surface area contributed by atoms with E-state index in [0.717, 1.165) is 49.9 Å². The fourth-order valence-corrected chi connectivity index (χ4v) is 2.49. The molecular weight excluding hydrogens is 485 g/mol. The van der Waals surface area contributed by atoms with Gasteiger partial charge in [-0.2, -0.15) is 0 Å². The van der Waals surface area contributed by atoms with Crippen LogP contribution in [0.2, 0.25) is 0 Å². The molecule has 0 spiro atoms. The molecule has 0 unspecified atom stereocenters. The summed E-state index contributed by atoms with van der Waals surface area (Å²) in [6.45, 7) is 5.42. The van der Waals surface area contributed by atoms with Crippen LogP contribution >= 0.6 is 24.0 Å². The Hall–Kier alpha value is -2.07. The average Bonchev–Trinajstić information content (AvgIpc) is 3.24. The van der Waals surface area contributed by atoms with E-state index in [0.29, 0.717) is 18.7 Å². The summed E-state index contributed by atoms with van der Waals surface area (Å²) >= 11 is 0. The van der Waals surface area contributed by atoms with Crippen molar-refractivity contribution >= 4 is 35.9 Å². The summed E-state index contributed by atoms with van der Waals surface area (Å²) in [6, 6.07) is 11.1. The first-order valence-corrected chi connectivity index (χ1v) is 9.52. The topological polar surface area (TPSA) is 85.1 Å². The van der Waals surface area contributed by atoms with Gasteiger partial charge < -0.3 is 24.5 Å². The standard InChI is InChI=1S/C21H29N3O4.HI/c1-3-27-14-5-12-22-21(23-13-11-19-6-4-15-28-19)24-16-17-7-9-18(10-8-17)20(25)26-2;/h4,6-10,15H,3,5,11-14,16H2,1-2H3,(H2,22,23,24);1H. The van der Waals surface area contributed by atoms with Gasteiger partial charge in [-0.1, -0.05) is 12.1 Å². The summed E-state index contributed by atoms with van der Waals surface area (Å²) in [6.07, 6.45) is 3.36. The molecule has 1 heterocycles. The molecule has 0 atom stereocenters. The molecule has 1 aromatic heterocycles. The molecule has 0 radical (unpaired) electrons. The fraction of sp³-hybridized carbons (Fsp3) is 0.429. The summed E-state index contributed by atoms with van der Waals surface area (Å²) in [5.41, 5.74) is 1.54. The van der Waals surface area contributed by atoms with Crippen molar-refractivity contribution in [2.45, 2.75) is 26.3 Å². The van der Waals surface area contributed by atoms with E-state index < -0.39 is 0 Å². The number of nitrogens with one attached hydrogen (secondary N) is 2. The van der Waals surface area contributed by atoms with E-state index in [4.69, 9.17) is 13.9 Å². The largest absolute Gasteiger partial charge is 0.469 e. The zero-order valence-electron chi connectivity index (χ0n) is 17.0. The van der Waals surface area contributed by atoms with Crippen molar-refractivity contribution < 1.29 is 18.7 Å². The van der Waals surface area contributed by atoms with Crippen LogP contribution in [0.3, 0.4) is 0 Å². The van der Waals surface area contributed by atoms with Crippen LogP contribution in [0.5, 0.6) is 0 Å². The molecule has 0 bridgehead atoms. The van der Waals surface area contributed by atoms with E-state index in [1.807, 2.05) is 31.2 Å². The maximum absolute atomic E-state index is 11.5. The van der Waals surface area contributed by atoms with E-state index in [1.54, 1.807) is 18.4 Å². The van der Waals surface area contributed by atoms with Crippen molar-refractivity contribution in [2.75, 3.05) is 33.4 Å². The molecule has 7 nitrogen and oxygen atoms in total. The number of guanidine groups is 1. The molecule has 0 saturated heterocycles. The maximum Gasteiger partial charge on any atom is 0.337 e. The summed E-state index contributed by atoms with van der Waals surface area (Å²) in [5.74, 6) is 1.33. The first-order valence-electron chi connectivity index (χ1n) is 9.52. The van der Waals surface area contributed by atoms with E-state index in [2.05, 4.69) is 15.6 Å². The van der Waals surface area contributed by atoms with Gasteiger partial charge in [0.1, 0.15) is 5.76 Å². The monoisotopic (exact) mass is 515 g/mol. The van der Waals surface area contributed by atoms with Crippen LogP contribution in [0, 0.1) is 0 Å². The highest BCUT2D eigenvalue weighted by Gasteiger charge is 2.05. The second-order valence-electron chi connectivity index (χ2n) is 6.09. The summed E-state index contributed by atoms with van der Waals surface area (Å²) in [4.78, 5) is 16.1. The number of furan rings is 1. The number of aliphatic imine (C=N–C) groups is 1. The molecule has 29 heavy (non-hydrogen) atoms. The smallest absolute Gasteiger partial charge is 0.337 e. The molecule has 0 aliphatic carbocycles. The van der Waals surface area contributed by atoms with Gasteiger partial charge in [0.15, 0.2) is 5.96 Å². The van der Waals surface area contributed by atoms with Crippen LogP contribution in [0.25, 0.3) is 0 Å². The van der Waals surface area contributed by atoms with Crippen molar-refractivity contribution in [1.82, 2.24) is 10.6 Å². The Bertz CT molecular complexity index is 718. The molecule has 0 aliphatic heterocycles. The predicted octanol–water partition coefficient (Wildman–Crippen LogP) is 3.39. The van der Waals surface area contributed by atoms with Gasteiger partial charge in [0.2, 0.25) is 0 Å². The fourth-order valence-electron chi connectivity index (χ4n) is 2.49. The number of benzene rings is 1. The van der Waals surface area contributed by atoms with Crippen LogP contribution in [0.15, 0.2) is 52.1 Å².